The third kappa shape index (κ3) is 7.33. The van der Waals surface area contributed by atoms with E-state index < -0.39 is 18.0 Å². The molecule has 0 radical (unpaired) electrons. The van der Waals surface area contributed by atoms with Crippen LogP contribution in [-0.4, -0.2) is 41.1 Å². The molecule has 0 bridgehead atoms. The predicted molar refractivity (Wildman–Crippen MR) is 142 cm³/mol. The fraction of sp³-hybridized carbons (Fsp3) is 0.679. The van der Waals surface area contributed by atoms with Gasteiger partial charge in [0.1, 0.15) is 17.0 Å². The highest BCUT2D eigenvalue weighted by molar-refractivity contribution is 7.15. The van der Waals surface area contributed by atoms with Gasteiger partial charge in [-0.05, 0) is 91.0 Å². The fourth-order valence-corrected chi connectivity index (χ4v) is 5.76. The molecule has 2 saturated carbocycles. The molecular weight excluding hydrogens is 476 g/mol. The maximum atomic E-state index is 14.0. The number of nitrogens with zero attached hydrogens (tertiary/aromatic N) is 1. The Bertz CT molecular complexity index is 1010. The van der Waals surface area contributed by atoms with Gasteiger partial charge in [-0.15, -0.1) is 11.3 Å². The molecule has 0 spiro atoms. The van der Waals surface area contributed by atoms with Gasteiger partial charge in [0, 0.05) is 17.4 Å². The van der Waals surface area contributed by atoms with E-state index in [2.05, 4.69) is 18.8 Å². The summed E-state index contributed by atoms with van der Waals surface area (Å²) in [5.41, 5.74) is 5.87. The molecule has 3 rings (SSSR count). The van der Waals surface area contributed by atoms with Gasteiger partial charge < -0.3 is 20.5 Å². The number of aromatic carboxylic acids is 1. The Kier molecular flexibility index (Phi) is 9.23. The lowest BCUT2D eigenvalue weighted by atomic mass is 9.81. The zero-order valence-corrected chi connectivity index (χ0v) is 23.0. The highest BCUT2D eigenvalue weighted by atomic mass is 32.1. The topological polar surface area (TPSA) is 110 Å². The molecule has 0 saturated heterocycles. The molecule has 3 N–H and O–H groups in total. The molecule has 0 aromatic carbocycles. The van der Waals surface area contributed by atoms with Crippen molar-refractivity contribution in [3.05, 3.63) is 15.8 Å². The molecule has 1 atom stereocenters. The van der Waals surface area contributed by atoms with Crippen LogP contribution in [0.4, 0.5) is 5.69 Å². The number of nitrogens with two attached hydrogens (primary N) is 1. The summed E-state index contributed by atoms with van der Waals surface area (Å²) in [6.45, 7) is 9.82. The molecule has 1 aromatic rings. The van der Waals surface area contributed by atoms with Crippen LogP contribution in [0.2, 0.25) is 0 Å². The molecule has 1 aromatic heterocycles. The fourth-order valence-electron chi connectivity index (χ4n) is 4.92. The number of carboxylic acids is 1. The van der Waals surface area contributed by atoms with Gasteiger partial charge in [0.15, 0.2) is 0 Å². The standard InChI is InChI=1S/C28H40N2O5S/c1-17-6-8-19(9-7-17)25(31)30(20-10-12-21(13-11-20)35-27(34)18(2)29)23-16-22(14-15-28(3,4)5)36-24(23)26(32)33/h16-21H,6-13,29H2,1-5H3,(H,32,33)/t17-,18-,19-,20?,21?/m0/s1. The van der Waals surface area contributed by atoms with Crippen LogP contribution in [0.1, 0.15) is 101 Å². The minimum atomic E-state index is -1.05. The van der Waals surface area contributed by atoms with Crippen LogP contribution in [0.3, 0.4) is 0 Å². The van der Waals surface area contributed by atoms with Gasteiger partial charge in [-0.3, -0.25) is 9.59 Å². The van der Waals surface area contributed by atoms with Crippen LogP contribution in [-0.2, 0) is 14.3 Å². The molecule has 2 aliphatic rings. The van der Waals surface area contributed by atoms with Gasteiger partial charge in [-0.2, -0.15) is 0 Å². The Labute approximate surface area is 218 Å². The molecule has 1 heterocycles. The molecule has 0 unspecified atom stereocenters. The van der Waals surface area contributed by atoms with Gasteiger partial charge in [-0.1, -0.05) is 18.8 Å². The Morgan fingerprint density at radius 3 is 2.25 bits per heavy atom. The van der Waals surface area contributed by atoms with Crippen molar-refractivity contribution in [1.29, 1.82) is 0 Å². The summed E-state index contributed by atoms with van der Waals surface area (Å²) in [6, 6.07) is 0.947. The van der Waals surface area contributed by atoms with Crippen molar-refractivity contribution in [3.8, 4) is 11.8 Å². The van der Waals surface area contributed by atoms with Crippen LogP contribution < -0.4 is 10.6 Å². The number of carbonyl (C=O) groups excluding carboxylic acids is 2. The number of rotatable bonds is 6. The van der Waals surface area contributed by atoms with Gasteiger partial charge >= 0.3 is 11.9 Å². The average Bonchev–Trinajstić information content (AvgIpc) is 3.23. The van der Waals surface area contributed by atoms with E-state index in [-0.39, 0.29) is 34.3 Å². The maximum Gasteiger partial charge on any atom is 0.348 e. The lowest BCUT2D eigenvalue weighted by Gasteiger charge is -2.39. The number of thiophene rings is 1. The highest BCUT2D eigenvalue weighted by Gasteiger charge is 2.38. The molecule has 7 nitrogen and oxygen atoms in total. The number of esters is 1. The zero-order valence-electron chi connectivity index (χ0n) is 22.1. The number of carboxylic acid groups (broad SMARTS) is 1. The number of anilines is 1. The van der Waals surface area contributed by atoms with Crippen molar-refractivity contribution in [1.82, 2.24) is 0 Å². The summed E-state index contributed by atoms with van der Waals surface area (Å²) in [5.74, 6) is 5.32. The molecular formula is C28H40N2O5S. The van der Waals surface area contributed by atoms with E-state index in [4.69, 9.17) is 10.5 Å². The maximum absolute atomic E-state index is 14.0. The molecule has 36 heavy (non-hydrogen) atoms. The second-order valence-corrected chi connectivity index (χ2v) is 12.5. The lowest BCUT2D eigenvalue weighted by Crippen LogP contribution is -2.47. The van der Waals surface area contributed by atoms with Crippen LogP contribution >= 0.6 is 11.3 Å². The van der Waals surface area contributed by atoms with E-state index in [1.165, 1.54) is 0 Å². The van der Waals surface area contributed by atoms with E-state index in [0.717, 1.165) is 37.0 Å². The first kappa shape index (κ1) is 28.2. The minimum Gasteiger partial charge on any atom is -0.477 e. The summed E-state index contributed by atoms with van der Waals surface area (Å²) in [6.07, 6.45) is 5.89. The summed E-state index contributed by atoms with van der Waals surface area (Å²) in [4.78, 5) is 40.7. The number of carbonyl (C=O) groups is 3. The van der Waals surface area contributed by atoms with Crippen molar-refractivity contribution in [2.24, 2.45) is 23.0 Å². The monoisotopic (exact) mass is 516 g/mol. The number of ether oxygens (including phenoxy) is 1. The largest absolute Gasteiger partial charge is 0.477 e. The average molecular weight is 517 g/mol. The number of hydrogen-bond donors (Lipinski definition) is 2. The molecule has 2 aliphatic carbocycles. The third-order valence-electron chi connectivity index (χ3n) is 6.99. The first-order valence-corrected chi connectivity index (χ1v) is 13.9. The predicted octanol–water partition coefficient (Wildman–Crippen LogP) is 5.20. The van der Waals surface area contributed by atoms with Gasteiger partial charge in [0.25, 0.3) is 0 Å². The van der Waals surface area contributed by atoms with Crippen molar-refractivity contribution in [2.45, 2.75) is 104 Å². The Hall–Kier alpha value is -2.37. The van der Waals surface area contributed by atoms with E-state index in [9.17, 15) is 19.5 Å². The normalized spacial score (nSPS) is 25.3. The quantitative estimate of drug-likeness (QED) is 0.397. The summed E-state index contributed by atoms with van der Waals surface area (Å²) < 4.78 is 5.53. The van der Waals surface area contributed by atoms with Gasteiger partial charge in [-0.25, -0.2) is 4.79 Å². The minimum absolute atomic E-state index is 0.00792. The van der Waals surface area contributed by atoms with E-state index in [0.29, 0.717) is 42.2 Å². The van der Waals surface area contributed by atoms with Gasteiger partial charge in [0.05, 0.1) is 10.6 Å². The number of hydrogen-bond acceptors (Lipinski definition) is 6. The first-order valence-electron chi connectivity index (χ1n) is 13.0. The molecule has 2 fully saturated rings. The highest BCUT2D eigenvalue weighted by Crippen LogP contribution is 2.39. The van der Waals surface area contributed by atoms with Crippen molar-refractivity contribution in [3.63, 3.8) is 0 Å². The smallest absolute Gasteiger partial charge is 0.348 e. The second kappa shape index (κ2) is 11.8. The molecule has 8 heteroatoms. The zero-order chi connectivity index (χ0) is 26.6. The molecule has 0 aliphatic heterocycles. The van der Waals surface area contributed by atoms with Gasteiger partial charge in [0.2, 0.25) is 5.91 Å². The SMILES string of the molecule is C[C@H](N)C(=O)OC1CCC(N(c2cc(C#CC(C)(C)C)sc2C(=O)O)C(=O)[C@H]2CC[C@H](C)CC2)CC1. The first-order chi connectivity index (χ1) is 16.9. The second-order valence-electron chi connectivity index (χ2n) is 11.5. The Balaban J connectivity index is 1.92. The third-order valence-corrected chi connectivity index (χ3v) is 8.02. The van der Waals surface area contributed by atoms with Crippen LogP contribution in [0.15, 0.2) is 6.07 Å². The van der Waals surface area contributed by atoms with E-state index in [1.54, 1.807) is 17.9 Å². The van der Waals surface area contributed by atoms with Crippen LogP contribution in [0.25, 0.3) is 0 Å². The summed E-state index contributed by atoms with van der Waals surface area (Å²) in [7, 11) is 0. The summed E-state index contributed by atoms with van der Waals surface area (Å²) in [5, 5.41) is 10.0. The van der Waals surface area contributed by atoms with Crippen molar-refractivity contribution < 1.29 is 24.2 Å². The lowest BCUT2D eigenvalue weighted by molar-refractivity contribution is -0.152. The van der Waals surface area contributed by atoms with E-state index >= 15 is 0 Å². The van der Waals surface area contributed by atoms with Crippen molar-refractivity contribution in [2.75, 3.05) is 4.90 Å². The molecule has 198 valence electrons. The Morgan fingerprint density at radius 1 is 1.11 bits per heavy atom. The Morgan fingerprint density at radius 2 is 1.72 bits per heavy atom. The molecule has 1 amide bonds. The van der Waals surface area contributed by atoms with Crippen LogP contribution in [0, 0.1) is 29.1 Å². The van der Waals surface area contributed by atoms with Crippen LogP contribution in [0.5, 0.6) is 0 Å². The number of amides is 1. The van der Waals surface area contributed by atoms with E-state index in [1.807, 2.05) is 20.8 Å². The summed E-state index contributed by atoms with van der Waals surface area (Å²) >= 11 is 1.13. The van der Waals surface area contributed by atoms with Crippen molar-refractivity contribution >= 4 is 34.9 Å².